The number of nitrogens with one attached hydrogen (secondary N) is 1. The molecule has 23 heavy (non-hydrogen) atoms. The van der Waals surface area contributed by atoms with Gasteiger partial charge >= 0.3 is 0 Å². The molecule has 0 spiro atoms. The number of aromatic nitrogens is 2. The molecule has 0 fully saturated rings. The van der Waals surface area contributed by atoms with Crippen molar-refractivity contribution in [2.24, 2.45) is 0 Å². The van der Waals surface area contributed by atoms with Crippen molar-refractivity contribution in [3.05, 3.63) is 47.9 Å². The van der Waals surface area contributed by atoms with E-state index in [9.17, 15) is 4.79 Å². The lowest BCUT2D eigenvalue weighted by atomic mass is 10.2. The Morgan fingerprint density at radius 2 is 1.87 bits per heavy atom. The Morgan fingerprint density at radius 3 is 2.48 bits per heavy atom. The average molecular weight is 314 g/mol. The van der Waals surface area contributed by atoms with Gasteiger partial charge in [-0.2, -0.15) is 0 Å². The highest BCUT2D eigenvalue weighted by Gasteiger charge is 2.14. The van der Waals surface area contributed by atoms with Crippen LogP contribution in [0.2, 0.25) is 0 Å². The first-order valence-electron chi connectivity index (χ1n) is 7.66. The fraction of sp³-hybridized carbons (Fsp3) is 0.353. The molecule has 1 aromatic heterocycles. The Labute approximate surface area is 136 Å². The first-order valence-corrected chi connectivity index (χ1v) is 7.66. The van der Waals surface area contributed by atoms with Gasteiger partial charge in [0.25, 0.3) is 5.91 Å². The van der Waals surface area contributed by atoms with Crippen LogP contribution in [0.5, 0.6) is 5.75 Å². The number of ether oxygens (including phenoxy) is 1. The van der Waals surface area contributed by atoms with E-state index in [1.807, 2.05) is 38.1 Å². The van der Waals surface area contributed by atoms with Crippen molar-refractivity contribution in [1.82, 2.24) is 14.9 Å². The molecular formula is C17H22N4O2. The first-order chi connectivity index (χ1) is 11.2. The largest absolute Gasteiger partial charge is 0.497 e. The molecule has 1 N–H and O–H groups in total. The Balaban J connectivity index is 2.03. The first kappa shape index (κ1) is 16.7. The van der Waals surface area contributed by atoms with Gasteiger partial charge < -0.3 is 15.0 Å². The standard InChI is InChI=1S/C17H22N4O2/c1-4-21(5-2)17(22)15-10-16(20-12-19-15)18-11-13-6-8-14(23-3)9-7-13/h6-10,12H,4-5,11H2,1-3H3,(H,18,19,20). The second-order valence-electron chi connectivity index (χ2n) is 4.97. The van der Waals surface area contributed by atoms with E-state index in [1.165, 1.54) is 6.33 Å². The van der Waals surface area contributed by atoms with Crippen LogP contribution >= 0.6 is 0 Å². The number of carbonyl (C=O) groups excluding carboxylic acids is 1. The minimum Gasteiger partial charge on any atom is -0.497 e. The molecule has 0 unspecified atom stereocenters. The van der Waals surface area contributed by atoms with Crippen LogP contribution in [0.25, 0.3) is 0 Å². The van der Waals surface area contributed by atoms with Gasteiger partial charge in [0.2, 0.25) is 0 Å². The second-order valence-corrected chi connectivity index (χ2v) is 4.97. The summed E-state index contributed by atoms with van der Waals surface area (Å²) in [6.45, 7) is 5.83. The molecule has 0 aliphatic rings. The lowest BCUT2D eigenvalue weighted by molar-refractivity contribution is 0.0767. The van der Waals surface area contributed by atoms with Gasteiger partial charge in [0, 0.05) is 25.7 Å². The normalized spacial score (nSPS) is 10.2. The molecule has 0 aliphatic carbocycles. The Kier molecular flexibility index (Phi) is 5.91. The van der Waals surface area contributed by atoms with Crippen molar-refractivity contribution in [2.45, 2.75) is 20.4 Å². The molecule has 2 rings (SSSR count). The van der Waals surface area contributed by atoms with Crippen LogP contribution in [0.1, 0.15) is 29.9 Å². The van der Waals surface area contributed by atoms with E-state index in [2.05, 4.69) is 15.3 Å². The Morgan fingerprint density at radius 1 is 1.17 bits per heavy atom. The fourth-order valence-electron chi connectivity index (χ4n) is 2.18. The number of nitrogens with zero attached hydrogens (tertiary/aromatic N) is 3. The topological polar surface area (TPSA) is 67.4 Å². The van der Waals surface area contributed by atoms with E-state index < -0.39 is 0 Å². The van der Waals surface area contributed by atoms with Crippen molar-refractivity contribution >= 4 is 11.7 Å². The number of rotatable bonds is 7. The summed E-state index contributed by atoms with van der Waals surface area (Å²) < 4.78 is 5.13. The molecule has 0 bridgehead atoms. The minimum absolute atomic E-state index is 0.0788. The summed E-state index contributed by atoms with van der Waals surface area (Å²) in [6.07, 6.45) is 1.41. The summed E-state index contributed by atoms with van der Waals surface area (Å²) in [5.74, 6) is 1.37. The van der Waals surface area contributed by atoms with Crippen molar-refractivity contribution in [3.8, 4) is 5.75 Å². The molecular weight excluding hydrogens is 292 g/mol. The quantitative estimate of drug-likeness (QED) is 0.851. The van der Waals surface area contributed by atoms with E-state index in [4.69, 9.17) is 4.74 Å². The van der Waals surface area contributed by atoms with Crippen LogP contribution in [-0.4, -0.2) is 41.0 Å². The fourth-order valence-corrected chi connectivity index (χ4v) is 2.18. The van der Waals surface area contributed by atoms with Gasteiger partial charge in [0.05, 0.1) is 7.11 Å². The van der Waals surface area contributed by atoms with Crippen LogP contribution in [0.15, 0.2) is 36.7 Å². The molecule has 0 saturated heterocycles. The minimum atomic E-state index is -0.0788. The molecule has 6 nitrogen and oxygen atoms in total. The number of methoxy groups -OCH3 is 1. The van der Waals surface area contributed by atoms with E-state index in [0.717, 1.165) is 11.3 Å². The summed E-state index contributed by atoms with van der Waals surface area (Å²) in [4.78, 5) is 22.3. The van der Waals surface area contributed by atoms with Crippen LogP contribution in [0.4, 0.5) is 5.82 Å². The Bertz CT molecular complexity index is 639. The van der Waals surface area contributed by atoms with Crippen LogP contribution < -0.4 is 10.1 Å². The molecule has 122 valence electrons. The summed E-state index contributed by atoms with van der Waals surface area (Å²) >= 11 is 0. The zero-order valence-corrected chi connectivity index (χ0v) is 13.7. The average Bonchev–Trinajstić information content (AvgIpc) is 2.61. The SMILES string of the molecule is CCN(CC)C(=O)c1cc(NCc2ccc(OC)cc2)ncn1. The lowest BCUT2D eigenvalue weighted by Crippen LogP contribution is -2.31. The van der Waals surface area contributed by atoms with E-state index in [0.29, 0.717) is 31.1 Å². The summed E-state index contributed by atoms with van der Waals surface area (Å²) in [5, 5.41) is 3.21. The van der Waals surface area contributed by atoms with Crippen molar-refractivity contribution in [3.63, 3.8) is 0 Å². The number of hydrogen-bond acceptors (Lipinski definition) is 5. The molecule has 0 atom stereocenters. The number of amides is 1. The summed E-state index contributed by atoms with van der Waals surface area (Å²) in [5.41, 5.74) is 1.50. The van der Waals surface area contributed by atoms with E-state index in [-0.39, 0.29) is 5.91 Å². The highest BCUT2D eigenvalue weighted by molar-refractivity contribution is 5.92. The van der Waals surface area contributed by atoms with Crippen molar-refractivity contribution in [2.75, 3.05) is 25.5 Å². The smallest absolute Gasteiger partial charge is 0.272 e. The number of carbonyl (C=O) groups is 1. The highest BCUT2D eigenvalue weighted by atomic mass is 16.5. The molecule has 0 saturated carbocycles. The van der Waals surface area contributed by atoms with Crippen molar-refractivity contribution in [1.29, 1.82) is 0 Å². The molecule has 2 aromatic rings. The van der Waals surface area contributed by atoms with Gasteiger partial charge in [-0.05, 0) is 31.5 Å². The van der Waals surface area contributed by atoms with Gasteiger partial charge in [-0.3, -0.25) is 4.79 Å². The summed E-state index contributed by atoms with van der Waals surface area (Å²) in [7, 11) is 1.64. The third kappa shape index (κ3) is 4.42. The van der Waals surface area contributed by atoms with Crippen LogP contribution in [0, 0.1) is 0 Å². The van der Waals surface area contributed by atoms with Gasteiger partial charge in [0.15, 0.2) is 0 Å². The molecule has 1 amide bonds. The Hall–Kier alpha value is -2.63. The molecule has 1 heterocycles. The zero-order chi connectivity index (χ0) is 16.7. The van der Waals surface area contributed by atoms with Crippen molar-refractivity contribution < 1.29 is 9.53 Å². The third-order valence-corrected chi connectivity index (χ3v) is 3.57. The van der Waals surface area contributed by atoms with Gasteiger partial charge in [0.1, 0.15) is 23.6 Å². The van der Waals surface area contributed by atoms with Crippen LogP contribution in [-0.2, 0) is 6.54 Å². The highest BCUT2D eigenvalue weighted by Crippen LogP contribution is 2.13. The molecule has 1 aromatic carbocycles. The molecule has 0 radical (unpaired) electrons. The maximum absolute atomic E-state index is 12.3. The van der Waals surface area contributed by atoms with Gasteiger partial charge in [-0.1, -0.05) is 12.1 Å². The monoisotopic (exact) mass is 314 g/mol. The predicted molar refractivity (Wildman–Crippen MR) is 89.6 cm³/mol. The second kappa shape index (κ2) is 8.12. The maximum Gasteiger partial charge on any atom is 0.272 e. The molecule has 6 heteroatoms. The van der Waals surface area contributed by atoms with E-state index in [1.54, 1.807) is 18.1 Å². The third-order valence-electron chi connectivity index (χ3n) is 3.57. The lowest BCUT2D eigenvalue weighted by Gasteiger charge is -2.18. The number of benzene rings is 1. The zero-order valence-electron chi connectivity index (χ0n) is 13.7. The van der Waals surface area contributed by atoms with Gasteiger partial charge in [-0.25, -0.2) is 9.97 Å². The molecule has 0 aliphatic heterocycles. The van der Waals surface area contributed by atoms with E-state index >= 15 is 0 Å². The predicted octanol–water partition coefficient (Wildman–Crippen LogP) is 2.58. The number of hydrogen-bond donors (Lipinski definition) is 1. The number of anilines is 1. The summed E-state index contributed by atoms with van der Waals surface area (Å²) in [6, 6.07) is 9.47. The van der Waals surface area contributed by atoms with Gasteiger partial charge in [-0.15, -0.1) is 0 Å². The maximum atomic E-state index is 12.3. The van der Waals surface area contributed by atoms with Crippen LogP contribution in [0.3, 0.4) is 0 Å².